The lowest BCUT2D eigenvalue weighted by molar-refractivity contribution is -0.151. The lowest BCUT2D eigenvalue weighted by Gasteiger charge is -2.34. The number of nitrogens with two attached hydrogens (primary N) is 2. The summed E-state index contributed by atoms with van der Waals surface area (Å²) < 4.78 is 0. The Kier molecular flexibility index (Phi) is 23.6. The highest BCUT2D eigenvalue weighted by Crippen LogP contribution is 2.29. The van der Waals surface area contributed by atoms with Crippen molar-refractivity contribution >= 4 is 47.3 Å². The van der Waals surface area contributed by atoms with Gasteiger partial charge in [0.25, 0.3) is 0 Å². The smallest absolute Gasteiger partial charge is 0.248 e. The van der Waals surface area contributed by atoms with E-state index >= 15 is 0 Å². The van der Waals surface area contributed by atoms with Gasteiger partial charge in [-0.05, 0) is 55.7 Å². The monoisotopic (exact) mass is 1060 g/mol. The molecule has 3 fully saturated rings. The number of phenolic OH excluding ortho intramolecular Hbond substituents is 1. The fourth-order valence-corrected chi connectivity index (χ4v) is 10.1. The molecule has 3 heterocycles. The summed E-state index contributed by atoms with van der Waals surface area (Å²) in [7, 11) is 0. The predicted octanol–water partition coefficient (Wildman–Crippen LogP) is -3.26. The molecule has 1 aromatic carbocycles. The first-order valence-electron chi connectivity index (χ1n) is 25.9. The molecular formula is C50H80N8O17. The SMILES string of the molecule is CCC(C)CC(C)CCCCCCCCC(=O)N1[C@H](O)[C@H](O)C[C@H]1C(=O)N[C@H](C(=O)N1C[C@H](O)C[C@H]1C(=O)N[C@H](C(=O)N[C@H](C(=O)N1CC[C@H](O)[C@H]1C(N)=O)[C@H](O)CC(N)=O)[C@H](O)[C@@H](O)c1ccc(O)cc1)[C@@H](C)O. The molecule has 4 rings (SSSR count). The third kappa shape index (κ3) is 16.7. The van der Waals surface area contributed by atoms with Gasteiger partial charge in [0.1, 0.15) is 60.3 Å². The molecule has 0 aliphatic carbocycles. The van der Waals surface area contributed by atoms with Crippen molar-refractivity contribution in [2.24, 2.45) is 23.3 Å². The summed E-state index contributed by atoms with van der Waals surface area (Å²) in [6.07, 6.45) is -7.91. The molecular weight excluding hydrogens is 985 g/mol. The van der Waals surface area contributed by atoms with Gasteiger partial charge in [0.05, 0.1) is 30.8 Å². The average molecular weight is 1070 g/mol. The van der Waals surface area contributed by atoms with Gasteiger partial charge in [-0.2, -0.15) is 0 Å². The van der Waals surface area contributed by atoms with Gasteiger partial charge in [-0.25, -0.2) is 0 Å². The van der Waals surface area contributed by atoms with Crippen molar-refractivity contribution in [2.45, 2.75) is 203 Å². The first kappa shape index (κ1) is 62.0. The van der Waals surface area contributed by atoms with Crippen LogP contribution in [0, 0.1) is 11.8 Å². The van der Waals surface area contributed by atoms with Crippen molar-refractivity contribution in [3.05, 3.63) is 29.8 Å². The quantitative estimate of drug-likeness (QED) is 0.0366. The second-order valence-electron chi connectivity index (χ2n) is 20.6. The number of primary amides is 2. The number of hydrogen-bond acceptors (Lipinski definition) is 17. The van der Waals surface area contributed by atoms with Gasteiger partial charge in [-0.3, -0.25) is 38.4 Å². The van der Waals surface area contributed by atoms with Crippen LogP contribution in [-0.2, 0) is 38.4 Å². The molecule has 25 heteroatoms. The third-order valence-corrected chi connectivity index (χ3v) is 14.5. The number of aromatic hydroxyl groups is 1. The number of hydrogen-bond donors (Lipinski definition) is 14. The van der Waals surface area contributed by atoms with E-state index in [4.69, 9.17) is 11.5 Å². The summed E-state index contributed by atoms with van der Waals surface area (Å²) in [4.78, 5) is 111. The Hall–Kier alpha value is -5.54. The van der Waals surface area contributed by atoms with Crippen molar-refractivity contribution in [1.82, 2.24) is 30.7 Å². The zero-order valence-electron chi connectivity index (χ0n) is 43.1. The van der Waals surface area contributed by atoms with E-state index in [0.29, 0.717) is 24.7 Å². The van der Waals surface area contributed by atoms with Gasteiger partial charge >= 0.3 is 0 Å². The summed E-state index contributed by atoms with van der Waals surface area (Å²) in [5, 5.41) is 104. The number of unbranched alkanes of at least 4 members (excludes halogenated alkanes) is 5. The second kappa shape index (κ2) is 28.6. The molecule has 1 aromatic rings. The first-order valence-corrected chi connectivity index (χ1v) is 25.9. The Morgan fingerprint density at radius 3 is 1.89 bits per heavy atom. The average Bonchev–Trinajstić information content (AvgIpc) is 4.04. The molecule has 2 unspecified atom stereocenters. The van der Waals surface area contributed by atoms with Crippen molar-refractivity contribution in [3.63, 3.8) is 0 Å². The van der Waals surface area contributed by atoms with Crippen molar-refractivity contribution in [1.29, 1.82) is 0 Å². The van der Waals surface area contributed by atoms with Crippen LogP contribution in [0.5, 0.6) is 5.75 Å². The Balaban J connectivity index is 1.52. The fourth-order valence-electron chi connectivity index (χ4n) is 10.1. The number of carbonyl (C=O) groups is 8. The topological polar surface area (TPSA) is 416 Å². The maximum atomic E-state index is 14.3. The highest BCUT2D eigenvalue weighted by Gasteiger charge is 2.50. The lowest BCUT2D eigenvalue weighted by atomic mass is 9.91. The number of likely N-dealkylation sites (tertiary alicyclic amines) is 3. The Morgan fingerprint density at radius 1 is 0.707 bits per heavy atom. The standard InChI is InChI=1S/C50H80N8O17/c1-5-25(2)20-26(3)12-10-8-6-7-9-11-13-37(66)58-32(22-35(64)48(58)73)46(71)53-38(27(4)59)49(74)57-24-30(61)21-31(57)45(70)55-40(43(68)42(67)28-14-16-29(60)17-15-28)47(72)54-39(34(63)23-36(51)65)50(75)56-19-18-33(62)41(56)44(52)69/h14-17,25-27,30-35,38-43,48,59-64,67-68,73H,5-13,18-24H2,1-4H3,(H2,51,65)(H2,52,69)(H,53,71)(H,54,72)(H,55,70)/t25?,26?,27-,30-,31+,32+,33+,34-,35-,38+,39+,40+,41+,42+,43+,48-/m1/s1. The maximum Gasteiger partial charge on any atom is 0.248 e. The van der Waals surface area contributed by atoms with Crippen LogP contribution in [0.25, 0.3) is 0 Å². The molecule has 3 aliphatic rings. The van der Waals surface area contributed by atoms with Crippen LogP contribution in [-0.4, -0.2) is 200 Å². The van der Waals surface area contributed by atoms with Crippen molar-refractivity contribution in [2.75, 3.05) is 13.1 Å². The molecule has 0 aromatic heterocycles. The number of aliphatic hydroxyl groups excluding tert-OH is 8. The van der Waals surface area contributed by atoms with Crippen LogP contribution in [0.2, 0.25) is 0 Å². The second-order valence-corrected chi connectivity index (χ2v) is 20.6. The maximum absolute atomic E-state index is 14.3. The molecule has 25 nitrogen and oxygen atoms in total. The summed E-state index contributed by atoms with van der Waals surface area (Å²) in [6.45, 7) is 6.94. The van der Waals surface area contributed by atoms with E-state index in [1.807, 2.05) is 0 Å². The van der Waals surface area contributed by atoms with Gasteiger partial charge in [-0.1, -0.05) is 77.8 Å². The minimum absolute atomic E-state index is 0.0519. The number of nitrogens with zero attached hydrogens (tertiary/aromatic N) is 3. The summed E-state index contributed by atoms with van der Waals surface area (Å²) in [5.74, 6) is -8.09. The molecule has 16 atom stereocenters. The Labute approximate surface area is 436 Å². The minimum Gasteiger partial charge on any atom is -0.508 e. The van der Waals surface area contributed by atoms with Gasteiger partial charge in [0, 0.05) is 32.4 Å². The normalized spacial score (nSPS) is 25.3. The van der Waals surface area contributed by atoms with Crippen molar-refractivity contribution < 1.29 is 84.3 Å². The van der Waals surface area contributed by atoms with E-state index in [9.17, 15) is 84.3 Å². The number of β-amino-alcohol motifs (C(OH)–C–C–N with tert-alkyl or cyclic N) is 1. The largest absolute Gasteiger partial charge is 0.508 e. The number of phenols is 1. The minimum atomic E-state index is -2.36. The zero-order valence-corrected chi connectivity index (χ0v) is 43.1. The first-order chi connectivity index (χ1) is 35.3. The molecule has 16 N–H and O–H groups in total. The molecule has 0 bridgehead atoms. The van der Waals surface area contributed by atoms with Gasteiger partial charge in [-0.15, -0.1) is 0 Å². The van der Waals surface area contributed by atoms with E-state index in [1.54, 1.807) is 0 Å². The summed E-state index contributed by atoms with van der Waals surface area (Å²) in [6, 6.07) is -6.70. The van der Waals surface area contributed by atoms with Crippen molar-refractivity contribution in [3.8, 4) is 5.75 Å². The molecule has 3 aliphatic heterocycles. The molecule has 0 radical (unpaired) electrons. The summed E-state index contributed by atoms with van der Waals surface area (Å²) in [5.41, 5.74) is 10.6. The fraction of sp³-hybridized carbons (Fsp3) is 0.720. The highest BCUT2D eigenvalue weighted by molar-refractivity contribution is 5.98. The van der Waals surface area contributed by atoms with Crippen LogP contribution in [0.4, 0.5) is 0 Å². The van der Waals surface area contributed by atoms with Crippen LogP contribution in [0.1, 0.15) is 129 Å². The van der Waals surface area contributed by atoms with Crippen LogP contribution >= 0.6 is 0 Å². The molecule has 0 saturated carbocycles. The van der Waals surface area contributed by atoms with E-state index in [2.05, 4.69) is 36.7 Å². The van der Waals surface area contributed by atoms with E-state index in [0.717, 1.165) is 84.4 Å². The molecule has 422 valence electrons. The van der Waals surface area contributed by atoms with Crippen LogP contribution < -0.4 is 27.4 Å². The number of aliphatic hydroxyl groups is 8. The highest BCUT2D eigenvalue weighted by atomic mass is 16.4. The van der Waals surface area contributed by atoms with Crippen LogP contribution in [0.15, 0.2) is 24.3 Å². The number of rotatable bonds is 28. The zero-order chi connectivity index (χ0) is 56.0. The Bertz CT molecular complexity index is 2120. The van der Waals surface area contributed by atoms with E-state index in [1.165, 1.54) is 6.42 Å². The van der Waals surface area contributed by atoms with Gasteiger partial charge in [0.2, 0.25) is 47.3 Å². The predicted molar refractivity (Wildman–Crippen MR) is 265 cm³/mol. The number of amides is 8. The van der Waals surface area contributed by atoms with Crippen LogP contribution in [0.3, 0.4) is 0 Å². The lowest BCUT2D eigenvalue weighted by Crippen LogP contribution is -2.64. The van der Waals surface area contributed by atoms with Gasteiger partial charge < -0.3 is 88.1 Å². The third-order valence-electron chi connectivity index (χ3n) is 14.5. The summed E-state index contributed by atoms with van der Waals surface area (Å²) >= 11 is 0. The Morgan fingerprint density at radius 2 is 1.29 bits per heavy atom. The molecule has 75 heavy (non-hydrogen) atoms. The van der Waals surface area contributed by atoms with E-state index < -0.39 is 158 Å². The number of nitrogens with one attached hydrogen (secondary N) is 3. The number of carbonyl (C=O) groups excluding carboxylic acids is 8. The van der Waals surface area contributed by atoms with Gasteiger partial charge in [0.15, 0.2) is 6.23 Å². The molecule has 3 saturated heterocycles. The van der Waals surface area contributed by atoms with E-state index in [-0.39, 0.29) is 30.7 Å². The number of benzene rings is 1. The molecule has 0 spiro atoms. The molecule has 8 amide bonds.